The Morgan fingerprint density at radius 2 is 1.62 bits per heavy atom. The molecule has 9 nitrogen and oxygen atoms in total. The molecule has 2 aromatic heterocycles. The smallest absolute Gasteiger partial charge is 0.336 e. The van der Waals surface area contributed by atoms with E-state index in [1.807, 2.05) is 0 Å². The van der Waals surface area contributed by atoms with Crippen molar-refractivity contribution in [1.29, 1.82) is 0 Å². The van der Waals surface area contributed by atoms with Crippen LogP contribution in [0.4, 0.5) is 13.2 Å². The van der Waals surface area contributed by atoms with Crippen molar-refractivity contribution in [2.75, 3.05) is 32.4 Å². The van der Waals surface area contributed by atoms with E-state index < -0.39 is 21.6 Å². The maximum atomic E-state index is 13.0. The second-order valence-corrected chi connectivity index (χ2v) is 11.4. The van der Waals surface area contributed by atoms with Gasteiger partial charge >= 0.3 is 6.18 Å². The normalized spacial score (nSPS) is 14.8. The predicted molar refractivity (Wildman–Crippen MR) is 139 cm³/mol. The third-order valence-corrected chi connectivity index (χ3v) is 7.67. The fourth-order valence-corrected chi connectivity index (χ4v) is 4.92. The lowest BCUT2D eigenvalue weighted by atomic mass is 10.1. The van der Waals surface area contributed by atoms with E-state index >= 15 is 0 Å². The molecular formula is C27H24F3N5O4S. The standard InChI is InChI=1S/C27H24F3N5O4S/c1-40(37,38)22-9-2-18(3-10-22)17-34-12-14-35(15-13-34)26(36)20-6-11-23(31-16-20)25-32-24(33-39-25)19-4-7-21(8-5-19)27(28,29)30/h2-11,16H,12-15,17H2,1H3. The van der Waals surface area contributed by atoms with Crippen molar-refractivity contribution in [3.05, 3.63) is 83.6 Å². The van der Waals surface area contributed by atoms with Crippen LogP contribution in [0.2, 0.25) is 0 Å². The number of nitrogens with zero attached hydrogens (tertiary/aromatic N) is 5. The summed E-state index contributed by atoms with van der Waals surface area (Å²) in [5.41, 5.74) is 1.31. The van der Waals surface area contributed by atoms with Gasteiger partial charge in [0, 0.05) is 50.7 Å². The fraction of sp³-hybridized carbons (Fsp3) is 0.259. The summed E-state index contributed by atoms with van der Waals surface area (Å²) in [6.07, 6.45) is -1.84. The number of hydrogen-bond donors (Lipinski definition) is 0. The van der Waals surface area contributed by atoms with Crippen molar-refractivity contribution >= 4 is 15.7 Å². The van der Waals surface area contributed by atoms with E-state index in [1.54, 1.807) is 41.3 Å². The predicted octanol–water partition coefficient (Wildman–Crippen LogP) is 4.18. The number of alkyl halides is 3. The number of pyridine rings is 1. The SMILES string of the molecule is CS(=O)(=O)c1ccc(CN2CCN(C(=O)c3ccc(-c4nc(-c5ccc(C(F)(F)F)cc5)no4)nc3)CC2)cc1. The Balaban J connectivity index is 1.17. The van der Waals surface area contributed by atoms with Gasteiger partial charge in [-0.1, -0.05) is 29.4 Å². The van der Waals surface area contributed by atoms with E-state index in [-0.39, 0.29) is 22.5 Å². The maximum Gasteiger partial charge on any atom is 0.416 e. The summed E-state index contributed by atoms with van der Waals surface area (Å²) in [5, 5.41) is 3.82. The molecular weight excluding hydrogens is 547 g/mol. The first-order valence-electron chi connectivity index (χ1n) is 12.3. The van der Waals surface area contributed by atoms with Crippen molar-refractivity contribution in [1.82, 2.24) is 24.9 Å². The first-order valence-corrected chi connectivity index (χ1v) is 14.1. The maximum absolute atomic E-state index is 13.0. The number of sulfone groups is 1. The van der Waals surface area contributed by atoms with E-state index in [9.17, 15) is 26.4 Å². The van der Waals surface area contributed by atoms with Gasteiger partial charge in [-0.25, -0.2) is 8.42 Å². The zero-order valence-electron chi connectivity index (χ0n) is 21.3. The van der Waals surface area contributed by atoms with Crippen molar-refractivity contribution < 1.29 is 30.9 Å². The molecule has 0 unspecified atom stereocenters. The van der Waals surface area contributed by atoms with Gasteiger partial charge in [0.15, 0.2) is 9.84 Å². The molecule has 0 spiro atoms. The van der Waals surface area contributed by atoms with Crippen molar-refractivity contribution in [3.8, 4) is 23.0 Å². The van der Waals surface area contributed by atoms with Crippen LogP contribution in [-0.2, 0) is 22.6 Å². The molecule has 1 saturated heterocycles. The van der Waals surface area contributed by atoms with Gasteiger partial charge < -0.3 is 9.42 Å². The molecule has 0 atom stereocenters. The monoisotopic (exact) mass is 571 g/mol. The van der Waals surface area contributed by atoms with Gasteiger partial charge in [-0.3, -0.25) is 14.7 Å². The minimum Gasteiger partial charge on any atom is -0.336 e. The van der Waals surface area contributed by atoms with Crippen molar-refractivity contribution in [2.45, 2.75) is 17.6 Å². The van der Waals surface area contributed by atoms with Crippen LogP contribution in [0.3, 0.4) is 0 Å². The summed E-state index contributed by atoms with van der Waals surface area (Å²) in [6.45, 7) is 3.05. The van der Waals surface area contributed by atoms with E-state index in [1.165, 1.54) is 24.6 Å². The Morgan fingerprint density at radius 1 is 0.950 bits per heavy atom. The minimum atomic E-state index is -4.44. The number of amides is 1. The van der Waals surface area contributed by atoms with Crippen LogP contribution in [0.15, 0.2) is 76.3 Å². The van der Waals surface area contributed by atoms with E-state index in [0.717, 1.165) is 17.7 Å². The molecule has 40 heavy (non-hydrogen) atoms. The summed E-state index contributed by atoms with van der Waals surface area (Å²) < 4.78 is 66.9. The van der Waals surface area contributed by atoms with Gasteiger partial charge in [-0.2, -0.15) is 18.2 Å². The van der Waals surface area contributed by atoms with Crippen LogP contribution in [0, 0.1) is 0 Å². The molecule has 0 aliphatic carbocycles. The molecule has 1 aliphatic rings. The van der Waals surface area contributed by atoms with Gasteiger partial charge in [0.05, 0.1) is 16.0 Å². The lowest BCUT2D eigenvalue weighted by Gasteiger charge is -2.34. The first-order chi connectivity index (χ1) is 19.0. The topological polar surface area (TPSA) is 110 Å². The van der Waals surface area contributed by atoms with Crippen molar-refractivity contribution in [2.24, 2.45) is 0 Å². The Hall–Kier alpha value is -4.10. The third kappa shape index (κ3) is 6.20. The van der Waals surface area contributed by atoms with Crippen LogP contribution in [0.25, 0.3) is 23.0 Å². The summed E-state index contributed by atoms with van der Waals surface area (Å²) in [6, 6.07) is 14.4. The van der Waals surface area contributed by atoms with Gasteiger partial charge in [-0.05, 0) is 42.0 Å². The largest absolute Gasteiger partial charge is 0.416 e. The lowest BCUT2D eigenvalue weighted by molar-refractivity contribution is -0.137. The van der Waals surface area contributed by atoms with Crippen LogP contribution < -0.4 is 0 Å². The van der Waals surface area contributed by atoms with E-state index in [4.69, 9.17) is 4.52 Å². The van der Waals surface area contributed by atoms with Crippen LogP contribution >= 0.6 is 0 Å². The Morgan fingerprint density at radius 3 is 2.20 bits per heavy atom. The average molecular weight is 572 g/mol. The molecule has 5 rings (SSSR count). The summed E-state index contributed by atoms with van der Waals surface area (Å²) in [5.74, 6) is 0.0362. The average Bonchev–Trinajstić information content (AvgIpc) is 3.43. The number of rotatable bonds is 6. The van der Waals surface area contributed by atoms with Crippen LogP contribution in [0.5, 0.6) is 0 Å². The second-order valence-electron chi connectivity index (χ2n) is 9.41. The number of carbonyl (C=O) groups excluding carboxylic acids is 1. The van der Waals surface area contributed by atoms with Gasteiger partial charge in [-0.15, -0.1) is 0 Å². The Labute approximate surface area is 228 Å². The highest BCUT2D eigenvalue weighted by Crippen LogP contribution is 2.31. The molecule has 3 heterocycles. The molecule has 0 bridgehead atoms. The number of carbonyl (C=O) groups is 1. The molecule has 4 aromatic rings. The number of aromatic nitrogens is 3. The Kier molecular flexibility index (Phi) is 7.43. The van der Waals surface area contributed by atoms with Crippen molar-refractivity contribution in [3.63, 3.8) is 0 Å². The Bertz CT molecular complexity index is 1600. The summed E-state index contributed by atoms with van der Waals surface area (Å²) in [7, 11) is -3.24. The molecule has 1 aliphatic heterocycles. The molecule has 0 saturated carbocycles. The van der Waals surface area contributed by atoms with Gasteiger partial charge in [0.1, 0.15) is 5.69 Å². The molecule has 208 valence electrons. The first kappa shape index (κ1) is 27.5. The molecule has 0 radical (unpaired) electrons. The van der Waals surface area contributed by atoms with Crippen LogP contribution in [0.1, 0.15) is 21.5 Å². The number of halogens is 3. The quantitative estimate of drug-likeness (QED) is 0.339. The second kappa shape index (κ2) is 10.8. The molecule has 2 aromatic carbocycles. The van der Waals surface area contributed by atoms with E-state index in [0.29, 0.717) is 49.5 Å². The summed E-state index contributed by atoms with van der Waals surface area (Å²) in [4.78, 5) is 25.7. The number of benzene rings is 2. The third-order valence-electron chi connectivity index (χ3n) is 6.54. The van der Waals surface area contributed by atoms with Crippen LogP contribution in [-0.4, -0.2) is 71.7 Å². The minimum absolute atomic E-state index is 0.0760. The summed E-state index contributed by atoms with van der Waals surface area (Å²) >= 11 is 0. The highest BCUT2D eigenvalue weighted by atomic mass is 32.2. The number of hydrogen-bond acceptors (Lipinski definition) is 8. The lowest BCUT2D eigenvalue weighted by Crippen LogP contribution is -2.48. The highest BCUT2D eigenvalue weighted by Gasteiger charge is 2.30. The van der Waals surface area contributed by atoms with Gasteiger partial charge in [0.2, 0.25) is 5.82 Å². The molecule has 0 N–H and O–H groups in total. The zero-order chi connectivity index (χ0) is 28.5. The van der Waals surface area contributed by atoms with Gasteiger partial charge in [0.25, 0.3) is 11.8 Å². The molecule has 1 fully saturated rings. The molecule has 13 heteroatoms. The fourth-order valence-electron chi connectivity index (χ4n) is 4.29. The zero-order valence-corrected chi connectivity index (χ0v) is 22.1. The molecule has 1 amide bonds. The number of piperazine rings is 1. The van der Waals surface area contributed by atoms with E-state index in [2.05, 4.69) is 20.0 Å². The highest BCUT2D eigenvalue weighted by molar-refractivity contribution is 7.90.